The smallest absolute Gasteiger partial charge is 0.273 e. The molecule has 2 N–H and O–H groups in total. The quantitative estimate of drug-likeness (QED) is 0.719. The Bertz CT molecular complexity index is 990. The van der Waals surface area contributed by atoms with Crippen LogP contribution in [0.25, 0.3) is 5.69 Å². The minimum atomic E-state index is -0.418. The van der Waals surface area contributed by atoms with Gasteiger partial charge in [-0.25, -0.2) is 9.67 Å². The van der Waals surface area contributed by atoms with Crippen LogP contribution in [0.1, 0.15) is 16.8 Å². The van der Waals surface area contributed by atoms with Crippen molar-refractivity contribution in [3.8, 4) is 11.6 Å². The summed E-state index contributed by atoms with van der Waals surface area (Å²) in [5, 5.41) is 5.57. The number of rotatable bonds is 5. The SMILES string of the molecule is O=C(Nc1cc(=O)n(-c2ccccc2)[nH]1)c1cccnc1OC1CCOC1. The summed E-state index contributed by atoms with van der Waals surface area (Å²) < 4.78 is 12.4. The summed E-state index contributed by atoms with van der Waals surface area (Å²) in [6, 6.07) is 13.7. The molecule has 0 bridgehead atoms. The molecule has 1 aromatic carbocycles. The van der Waals surface area contributed by atoms with Crippen molar-refractivity contribution in [3.63, 3.8) is 0 Å². The fourth-order valence-corrected chi connectivity index (χ4v) is 2.84. The number of aromatic amines is 1. The number of H-pyrrole nitrogens is 1. The second-order valence-electron chi connectivity index (χ2n) is 6.09. The third-order valence-electron chi connectivity index (χ3n) is 4.17. The van der Waals surface area contributed by atoms with Crippen molar-refractivity contribution in [2.75, 3.05) is 18.5 Å². The van der Waals surface area contributed by atoms with Gasteiger partial charge in [0.15, 0.2) is 0 Å². The average molecular weight is 366 g/mol. The molecule has 3 aromatic rings. The van der Waals surface area contributed by atoms with E-state index in [1.807, 2.05) is 18.2 Å². The summed E-state index contributed by atoms with van der Waals surface area (Å²) in [6.07, 6.45) is 2.20. The van der Waals surface area contributed by atoms with Crippen molar-refractivity contribution in [2.24, 2.45) is 0 Å². The molecule has 1 saturated heterocycles. The van der Waals surface area contributed by atoms with Crippen LogP contribution in [-0.4, -0.2) is 40.0 Å². The van der Waals surface area contributed by atoms with Gasteiger partial charge in [-0.15, -0.1) is 0 Å². The van der Waals surface area contributed by atoms with Crippen LogP contribution in [0, 0.1) is 0 Å². The highest BCUT2D eigenvalue weighted by molar-refractivity contribution is 6.05. The van der Waals surface area contributed by atoms with Crippen LogP contribution in [0.5, 0.6) is 5.88 Å². The van der Waals surface area contributed by atoms with Crippen molar-refractivity contribution >= 4 is 11.7 Å². The van der Waals surface area contributed by atoms with E-state index in [9.17, 15) is 9.59 Å². The predicted octanol–water partition coefficient (Wildman–Crippen LogP) is 1.98. The van der Waals surface area contributed by atoms with Crippen molar-refractivity contribution < 1.29 is 14.3 Å². The maximum Gasteiger partial charge on any atom is 0.273 e. The molecule has 1 amide bonds. The van der Waals surface area contributed by atoms with E-state index >= 15 is 0 Å². The normalized spacial score (nSPS) is 16.2. The van der Waals surface area contributed by atoms with Gasteiger partial charge in [-0.3, -0.25) is 14.7 Å². The van der Waals surface area contributed by atoms with Crippen molar-refractivity contribution in [2.45, 2.75) is 12.5 Å². The number of carbonyl (C=O) groups excluding carboxylic acids is 1. The zero-order chi connectivity index (χ0) is 18.6. The number of aromatic nitrogens is 3. The standard InChI is InChI=1S/C19H18N4O4/c24-17-11-16(22-23(17)13-5-2-1-3-6-13)21-18(25)15-7-4-9-20-19(15)27-14-8-10-26-12-14/h1-7,9,11,14,22H,8,10,12H2,(H,21,25). The first-order valence-electron chi connectivity index (χ1n) is 8.59. The summed E-state index contributed by atoms with van der Waals surface area (Å²) in [7, 11) is 0. The van der Waals surface area contributed by atoms with Crippen LogP contribution in [0.2, 0.25) is 0 Å². The Balaban J connectivity index is 1.54. The second-order valence-corrected chi connectivity index (χ2v) is 6.09. The van der Waals surface area contributed by atoms with Crippen LogP contribution in [0.15, 0.2) is 59.5 Å². The molecule has 0 spiro atoms. The maximum absolute atomic E-state index is 12.7. The van der Waals surface area contributed by atoms with Crippen molar-refractivity contribution in [1.82, 2.24) is 14.8 Å². The van der Waals surface area contributed by atoms with E-state index in [2.05, 4.69) is 15.4 Å². The molecular formula is C19H18N4O4. The monoisotopic (exact) mass is 366 g/mol. The van der Waals surface area contributed by atoms with E-state index in [1.54, 1.807) is 30.5 Å². The fourth-order valence-electron chi connectivity index (χ4n) is 2.84. The van der Waals surface area contributed by atoms with Gasteiger partial charge in [0.2, 0.25) is 5.88 Å². The molecule has 0 radical (unpaired) electrons. The van der Waals surface area contributed by atoms with Gasteiger partial charge in [0.05, 0.1) is 18.9 Å². The first-order chi connectivity index (χ1) is 13.2. The summed E-state index contributed by atoms with van der Waals surface area (Å²) in [5.41, 5.74) is 0.689. The highest BCUT2D eigenvalue weighted by Gasteiger charge is 2.22. The highest BCUT2D eigenvalue weighted by atomic mass is 16.5. The third-order valence-corrected chi connectivity index (χ3v) is 4.17. The number of carbonyl (C=O) groups is 1. The summed E-state index contributed by atoms with van der Waals surface area (Å²) >= 11 is 0. The number of hydrogen-bond acceptors (Lipinski definition) is 5. The Morgan fingerprint density at radius 2 is 2.11 bits per heavy atom. The molecule has 1 unspecified atom stereocenters. The van der Waals surface area contributed by atoms with Crippen LogP contribution in [0.3, 0.4) is 0 Å². The Morgan fingerprint density at radius 1 is 1.26 bits per heavy atom. The number of anilines is 1. The Labute approximate surface area is 154 Å². The molecule has 4 rings (SSSR count). The Kier molecular flexibility index (Phi) is 4.71. The van der Waals surface area contributed by atoms with Gasteiger partial charge in [0.25, 0.3) is 11.5 Å². The van der Waals surface area contributed by atoms with E-state index < -0.39 is 5.91 Å². The van der Waals surface area contributed by atoms with E-state index in [0.717, 1.165) is 6.42 Å². The number of nitrogens with one attached hydrogen (secondary N) is 2. The lowest BCUT2D eigenvalue weighted by Gasteiger charge is -2.13. The molecule has 2 aromatic heterocycles. The van der Waals surface area contributed by atoms with Gasteiger partial charge >= 0.3 is 0 Å². The molecule has 8 nitrogen and oxygen atoms in total. The average Bonchev–Trinajstić information content (AvgIpc) is 3.32. The molecule has 8 heteroatoms. The van der Waals surface area contributed by atoms with Gasteiger partial charge in [-0.2, -0.15) is 0 Å². The van der Waals surface area contributed by atoms with E-state index in [4.69, 9.17) is 9.47 Å². The van der Waals surface area contributed by atoms with Gasteiger partial charge in [-0.05, 0) is 24.3 Å². The highest BCUT2D eigenvalue weighted by Crippen LogP contribution is 2.20. The van der Waals surface area contributed by atoms with Gasteiger partial charge in [0.1, 0.15) is 17.5 Å². The number of hydrogen-bond donors (Lipinski definition) is 2. The zero-order valence-corrected chi connectivity index (χ0v) is 14.4. The number of benzene rings is 1. The molecule has 0 aliphatic carbocycles. The minimum Gasteiger partial charge on any atom is -0.471 e. The summed E-state index contributed by atoms with van der Waals surface area (Å²) in [4.78, 5) is 29.0. The largest absolute Gasteiger partial charge is 0.471 e. The number of pyridine rings is 1. The zero-order valence-electron chi connectivity index (χ0n) is 14.4. The van der Waals surface area contributed by atoms with Crippen LogP contribution < -0.4 is 15.6 Å². The first kappa shape index (κ1) is 17.0. The molecule has 1 aliphatic rings. The predicted molar refractivity (Wildman–Crippen MR) is 98.4 cm³/mol. The molecule has 3 heterocycles. The molecule has 1 aliphatic heterocycles. The van der Waals surface area contributed by atoms with Crippen molar-refractivity contribution in [3.05, 3.63) is 70.6 Å². The van der Waals surface area contributed by atoms with Gasteiger partial charge in [0, 0.05) is 18.7 Å². The molecule has 27 heavy (non-hydrogen) atoms. The van der Waals surface area contributed by atoms with Crippen LogP contribution >= 0.6 is 0 Å². The van der Waals surface area contributed by atoms with Gasteiger partial charge in [-0.1, -0.05) is 18.2 Å². The minimum absolute atomic E-state index is 0.120. The molecule has 1 fully saturated rings. The maximum atomic E-state index is 12.7. The molecule has 0 saturated carbocycles. The number of amides is 1. The van der Waals surface area contributed by atoms with Crippen LogP contribution in [0.4, 0.5) is 5.82 Å². The third kappa shape index (κ3) is 3.75. The number of nitrogens with zero attached hydrogens (tertiary/aromatic N) is 2. The molecule has 138 valence electrons. The summed E-state index contributed by atoms with van der Waals surface area (Å²) in [6.45, 7) is 1.11. The lowest BCUT2D eigenvalue weighted by molar-refractivity contribution is 0.101. The molecular weight excluding hydrogens is 348 g/mol. The Hall–Kier alpha value is -3.39. The van der Waals surface area contributed by atoms with E-state index in [1.165, 1.54) is 10.7 Å². The second kappa shape index (κ2) is 7.46. The lowest BCUT2D eigenvalue weighted by atomic mass is 10.2. The Morgan fingerprint density at radius 3 is 2.89 bits per heavy atom. The summed E-state index contributed by atoms with van der Waals surface area (Å²) in [5.74, 6) is 0.113. The topological polar surface area (TPSA) is 98.2 Å². The van der Waals surface area contributed by atoms with E-state index in [-0.39, 0.29) is 28.9 Å². The number of ether oxygens (including phenoxy) is 2. The van der Waals surface area contributed by atoms with E-state index in [0.29, 0.717) is 18.9 Å². The van der Waals surface area contributed by atoms with Crippen LogP contribution in [-0.2, 0) is 4.74 Å². The first-order valence-corrected chi connectivity index (χ1v) is 8.59. The lowest BCUT2D eigenvalue weighted by Crippen LogP contribution is -2.20. The molecule has 1 atom stereocenters. The fraction of sp³-hybridized carbons (Fsp3) is 0.211. The van der Waals surface area contributed by atoms with Crippen molar-refractivity contribution in [1.29, 1.82) is 0 Å². The van der Waals surface area contributed by atoms with Gasteiger partial charge < -0.3 is 14.8 Å². The number of para-hydroxylation sites is 1.